The minimum atomic E-state index is -3.64. The van der Waals surface area contributed by atoms with Crippen LogP contribution in [0.3, 0.4) is 0 Å². The standard InChI is InChI=1S/C20H23ClN2O3S/c1-14-5-3-7-19(15(14)2)22-20(24)16-6-4-12-23(13-16)27(25,26)18-10-8-17(21)9-11-18/h3,5,7-11,16H,4,6,12-13H2,1-2H3,(H,22,24)/t16-/m0/s1. The molecule has 144 valence electrons. The van der Waals surface area contributed by atoms with E-state index in [1.807, 2.05) is 32.0 Å². The summed E-state index contributed by atoms with van der Waals surface area (Å²) in [4.78, 5) is 12.9. The molecule has 0 spiro atoms. The molecule has 0 radical (unpaired) electrons. The van der Waals surface area contributed by atoms with Crippen molar-refractivity contribution in [2.45, 2.75) is 31.6 Å². The zero-order chi connectivity index (χ0) is 19.6. The van der Waals surface area contributed by atoms with Gasteiger partial charge in [-0.05, 0) is 68.1 Å². The van der Waals surface area contributed by atoms with E-state index >= 15 is 0 Å². The van der Waals surface area contributed by atoms with Crippen LogP contribution in [0.2, 0.25) is 5.02 Å². The lowest BCUT2D eigenvalue weighted by Crippen LogP contribution is -2.43. The molecule has 2 aromatic rings. The fourth-order valence-corrected chi connectivity index (χ4v) is 4.90. The van der Waals surface area contributed by atoms with Gasteiger partial charge < -0.3 is 5.32 Å². The molecule has 5 nitrogen and oxygen atoms in total. The molecule has 1 aliphatic heterocycles. The number of carbonyl (C=O) groups is 1. The summed E-state index contributed by atoms with van der Waals surface area (Å²) >= 11 is 5.85. The van der Waals surface area contributed by atoms with Gasteiger partial charge in [-0.1, -0.05) is 23.7 Å². The highest BCUT2D eigenvalue weighted by atomic mass is 35.5. The Morgan fingerprint density at radius 1 is 1.15 bits per heavy atom. The second kappa shape index (κ2) is 8.00. The van der Waals surface area contributed by atoms with Crippen LogP contribution in [-0.2, 0) is 14.8 Å². The Labute approximate surface area is 165 Å². The fourth-order valence-electron chi connectivity index (χ4n) is 3.25. The number of nitrogens with one attached hydrogen (secondary N) is 1. The predicted molar refractivity (Wildman–Crippen MR) is 107 cm³/mol. The van der Waals surface area contributed by atoms with Gasteiger partial charge in [-0.15, -0.1) is 0 Å². The van der Waals surface area contributed by atoms with Gasteiger partial charge in [0.1, 0.15) is 0 Å². The molecule has 1 amide bonds. The van der Waals surface area contributed by atoms with Crippen LogP contribution in [0.4, 0.5) is 5.69 Å². The van der Waals surface area contributed by atoms with Crippen molar-refractivity contribution in [3.05, 3.63) is 58.6 Å². The third-order valence-electron chi connectivity index (χ3n) is 5.07. The maximum Gasteiger partial charge on any atom is 0.243 e. The fraction of sp³-hybridized carbons (Fsp3) is 0.350. The van der Waals surface area contributed by atoms with E-state index in [1.165, 1.54) is 16.4 Å². The maximum absolute atomic E-state index is 12.9. The highest BCUT2D eigenvalue weighted by Crippen LogP contribution is 2.26. The van der Waals surface area contributed by atoms with Gasteiger partial charge in [0.25, 0.3) is 0 Å². The normalized spacial score (nSPS) is 18.3. The van der Waals surface area contributed by atoms with E-state index in [1.54, 1.807) is 12.1 Å². The van der Waals surface area contributed by atoms with Crippen LogP contribution in [0.1, 0.15) is 24.0 Å². The van der Waals surface area contributed by atoms with Crippen molar-refractivity contribution in [2.24, 2.45) is 5.92 Å². The lowest BCUT2D eigenvalue weighted by Gasteiger charge is -2.31. The summed E-state index contributed by atoms with van der Waals surface area (Å²) in [5.74, 6) is -0.513. The summed E-state index contributed by atoms with van der Waals surface area (Å²) in [5.41, 5.74) is 2.90. The molecular formula is C20H23ClN2O3S. The largest absolute Gasteiger partial charge is 0.326 e. The second-order valence-electron chi connectivity index (χ2n) is 6.89. The van der Waals surface area contributed by atoms with Gasteiger partial charge in [-0.25, -0.2) is 8.42 Å². The molecule has 1 heterocycles. The van der Waals surface area contributed by atoms with E-state index in [9.17, 15) is 13.2 Å². The molecule has 1 fully saturated rings. The highest BCUT2D eigenvalue weighted by molar-refractivity contribution is 7.89. The van der Waals surface area contributed by atoms with E-state index in [-0.39, 0.29) is 23.3 Å². The van der Waals surface area contributed by atoms with Crippen LogP contribution in [0.5, 0.6) is 0 Å². The summed E-state index contributed by atoms with van der Waals surface area (Å²) in [6.45, 7) is 4.55. The number of piperidine rings is 1. The van der Waals surface area contributed by atoms with Crippen molar-refractivity contribution in [1.29, 1.82) is 0 Å². The first-order chi connectivity index (χ1) is 12.8. The number of anilines is 1. The van der Waals surface area contributed by atoms with Gasteiger partial charge >= 0.3 is 0 Å². The van der Waals surface area contributed by atoms with Crippen molar-refractivity contribution in [3.8, 4) is 0 Å². The van der Waals surface area contributed by atoms with Gasteiger partial charge in [-0.2, -0.15) is 4.31 Å². The molecule has 1 aliphatic rings. The average Bonchev–Trinajstić information content (AvgIpc) is 2.66. The molecule has 1 atom stereocenters. The molecule has 2 aromatic carbocycles. The van der Waals surface area contributed by atoms with Crippen LogP contribution in [0, 0.1) is 19.8 Å². The number of amides is 1. The maximum atomic E-state index is 12.9. The second-order valence-corrected chi connectivity index (χ2v) is 9.27. The van der Waals surface area contributed by atoms with Gasteiger partial charge in [0.2, 0.25) is 15.9 Å². The Kier molecular flexibility index (Phi) is 5.89. The van der Waals surface area contributed by atoms with Crippen molar-refractivity contribution in [1.82, 2.24) is 4.31 Å². The summed E-state index contributed by atoms with van der Waals surface area (Å²) < 4.78 is 27.1. The Hall–Kier alpha value is -1.89. The first-order valence-electron chi connectivity index (χ1n) is 8.92. The van der Waals surface area contributed by atoms with Crippen LogP contribution in [0.25, 0.3) is 0 Å². The Bertz CT molecular complexity index is 942. The number of hydrogen-bond acceptors (Lipinski definition) is 3. The lowest BCUT2D eigenvalue weighted by atomic mass is 9.98. The minimum absolute atomic E-state index is 0.139. The van der Waals surface area contributed by atoms with Crippen molar-refractivity contribution in [2.75, 3.05) is 18.4 Å². The monoisotopic (exact) mass is 406 g/mol. The van der Waals surface area contributed by atoms with Gasteiger partial charge in [0.15, 0.2) is 0 Å². The van der Waals surface area contributed by atoms with E-state index in [4.69, 9.17) is 11.6 Å². The number of halogens is 1. The van der Waals surface area contributed by atoms with E-state index in [2.05, 4.69) is 5.32 Å². The molecule has 0 bridgehead atoms. The minimum Gasteiger partial charge on any atom is -0.326 e. The summed E-state index contributed by atoms with van der Waals surface area (Å²) in [5, 5.41) is 3.45. The quantitative estimate of drug-likeness (QED) is 0.834. The molecule has 0 unspecified atom stereocenters. The third kappa shape index (κ3) is 4.34. The number of benzene rings is 2. The number of hydrogen-bond donors (Lipinski definition) is 1. The van der Waals surface area contributed by atoms with Crippen LogP contribution in [-0.4, -0.2) is 31.7 Å². The SMILES string of the molecule is Cc1cccc(NC(=O)[C@H]2CCCN(S(=O)(=O)c3ccc(Cl)cc3)C2)c1C. The molecule has 0 aromatic heterocycles. The Balaban J connectivity index is 1.74. The molecule has 0 aliphatic carbocycles. The van der Waals surface area contributed by atoms with Crippen LogP contribution in [0.15, 0.2) is 47.4 Å². The van der Waals surface area contributed by atoms with Gasteiger partial charge in [-0.3, -0.25) is 4.79 Å². The summed E-state index contributed by atoms with van der Waals surface area (Å²) in [7, 11) is -3.64. The number of aryl methyl sites for hydroxylation is 1. The van der Waals surface area contributed by atoms with E-state index < -0.39 is 10.0 Å². The third-order valence-corrected chi connectivity index (χ3v) is 7.20. The predicted octanol–water partition coefficient (Wildman–Crippen LogP) is 4.00. The first kappa shape index (κ1) is 19.9. The van der Waals surface area contributed by atoms with Crippen LogP contribution < -0.4 is 5.32 Å². The molecule has 0 saturated carbocycles. The average molecular weight is 407 g/mol. The first-order valence-corrected chi connectivity index (χ1v) is 10.7. The molecule has 7 heteroatoms. The highest BCUT2D eigenvalue weighted by Gasteiger charge is 2.33. The van der Waals surface area contributed by atoms with E-state index in [0.717, 1.165) is 16.8 Å². The number of nitrogens with zero attached hydrogens (tertiary/aromatic N) is 1. The zero-order valence-corrected chi connectivity index (χ0v) is 17.0. The molecule has 1 saturated heterocycles. The van der Waals surface area contributed by atoms with E-state index in [0.29, 0.717) is 24.4 Å². The zero-order valence-electron chi connectivity index (χ0n) is 15.4. The molecular weight excluding hydrogens is 384 g/mol. The van der Waals surface area contributed by atoms with Gasteiger partial charge in [0.05, 0.1) is 10.8 Å². The number of carbonyl (C=O) groups excluding carboxylic acids is 1. The molecule has 1 N–H and O–H groups in total. The Morgan fingerprint density at radius 3 is 2.56 bits per heavy atom. The van der Waals surface area contributed by atoms with Crippen molar-refractivity contribution < 1.29 is 13.2 Å². The number of sulfonamides is 1. The molecule has 27 heavy (non-hydrogen) atoms. The summed E-state index contributed by atoms with van der Waals surface area (Å²) in [6, 6.07) is 11.9. The van der Waals surface area contributed by atoms with Crippen molar-refractivity contribution >= 4 is 33.2 Å². The lowest BCUT2D eigenvalue weighted by molar-refractivity contribution is -0.120. The van der Waals surface area contributed by atoms with Crippen molar-refractivity contribution in [3.63, 3.8) is 0 Å². The Morgan fingerprint density at radius 2 is 1.85 bits per heavy atom. The van der Waals surface area contributed by atoms with Gasteiger partial charge in [0, 0.05) is 23.8 Å². The molecule has 3 rings (SSSR count). The number of rotatable bonds is 4. The topological polar surface area (TPSA) is 66.5 Å². The summed E-state index contributed by atoms with van der Waals surface area (Å²) in [6.07, 6.45) is 1.32. The van der Waals surface area contributed by atoms with Crippen LogP contribution >= 0.6 is 11.6 Å². The smallest absolute Gasteiger partial charge is 0.243 e.